The summed E-state index contributed by atoms with van der Waals surface area (Å²) >= 11 is 1.79. The Bertz CT molecular complexity index is 755. The fourth-order valence-corrected chi connectivity index (χ4v) is 4.98. The van der Waals surface area contributed by atoms with Gasteiger partial charge in [-0.15, -0.1) is 11.3 Å². The van der Waals surface area contributed by atoms with Crippen molar-refractivity contribution in [2.75, 3.05) is 18.0 Å². The topological polar surface area (TPSA) is 66.3 Å². The van der Waals surface area contributed by atoms with E-state index >= 15 is 0 Å². The van der Waals surface area contributed by atoms with Crippen molar-refractivity contribution in [2.45, 2.75) is 39.0 Å². The summed E-state index contributed by atoms with van der Waals surface area (Å²) in [7, 11) is 0. The fourth-order valence-electron chi connectivity index (χ4n) is 3.68. The van der Waals surface area contributed by atoms with Crippen molar-refractivity contribution in [1.82, 2.24) is 9.97 Å². The van der Waals surface area contributed by atoms with Gasteiger partial charge in [-0.1, -0.05) is 0 Å². The van der Waals surface area contributed by atoms with Gasteiger partial charge in [-0.05, 0) is 44.6 Å². The van der Waals surface area contributed by atoms with Crippen LogP contribution >= 0.6 is 11.3 Å². The molecular weight excluding hydrogens is 298 g/mol. The summed E-state index contributed by atoms with van der Waals surface area (Å²) in [4.78, 5) is 25.3. The molecule has 2 aromatic heterocycles. The summed E-state index contributed by atoms with van der Waals surface area (Å²) in [5.74, 6) is 0.765. The lowest BCUT2D eigenvalue weighted by Crippen LogP contribution is -2.39. The summed E-state index contributed by atoms with van der Waals surface area (Å²) in [6.07, 6.45) is 5.13. The van der Waals surface area contributed by atoms with E-state index in [9.17, 15) is 9.90 Å². The average Bonchev–Trinajstić information content (AvgIpc) is 3.06. The number of aliphatic carboxylic acids is 1. The third kappa shape index (κ3) is 2.17. The zero-order valence-electron chi connectivity index (χ0n) is 12.6. The van der Waals surface area contributed by atoms with Gasteiger partial charge in [0.25, 0.3) is 0 Å². The lowest BCUT2D eigenvalue weighted by molar-refractivity contribution is -0.141. The molecule has 22 heavy (non-hydrogen) atoms. The number of hydrogen-bond donors (Lipinski definition) is 1. The molecular formula is C16H19N3O2S. The second kappa shape index (κ2) is 5.19. The zero-order valence-corrected chi connectivity index (χ0v) is 13.4. The van der Waals surface area contributed by atoms with Gasteiger partial charge in [0.15, 0.2) is 0 Å². The molecule has 0 radical (unpaired) electrons. The van der Waals surface area contributed by atoms with Gasteiger partial charge >= 0.3 is 5.97 Å². The van der Waals surface area contributed by atoms with E-state index in [-0.39, 0.29) is 5.92 Å². The van der Waals surface area contributed by atoms with Crippen molar-refractivity contribution in [1.29, 1.82) is 0 Å². The highest BCUT2D eigenvalue weighted by atomic mass is 32.1. The number of nitrogens with zero attached hydrogens (tertiary/aromatic N) is 3. The van der Waals surface area contributed by atoms with E-state index in [1.165, 1.54) is 22.2 Å². The van der Waals surface area contributed by atoms with E-state index in [1.54, 1.807) is 11.3 Å². The molecule has 1 aliphatic heterocycles. The molecule has 1 aliphatic carbocycles. The van der Waals surface area contributed by atoms with E-state index in [1.807, 2.05) is 6.92 Å². The molecule has 1 fully saturated rings. The molecule has 0 bridgehead atoms. The smallest absolute Gasteiger partial charge is 0.308 e. The average molecular weight is 317 g/mol. The minimum absolute atomic E-state index is 0.286. The molecule has 1 saturated heterocycles. The van der Waals surface area contributed by atoms with Gasteiger partial charge < -0.3 is 10.0 Å². The van der Waals surface area contributed by atoms with E-state index in [2.05, 4.69) is 9.88 Å². The second-order valence-corrected chi connectivity index (χ2v) is 7.34. The van der Waals surface area contributed by atoms with Gasteiger partial charge in [0.05, 0.1) is 11.3 Å². The molecule has 1 N–H and O–H groups in total. The van der Waals surface area contributed by atoms with Gasteiger partial charge in [0.2, 0.25) is 0 Å². The van der Waals surface area contributed by atoms with E-state index in [0.717, 1.165) is 48.7 Å². The number of aromatic nitrogens is 2. The molecule has 6 heteroatoms. The molecule has 0 aromatic carbocycles. The standard InChI is InChI=1S/C16H19N3O2S/c1-9-17-14(19-7-3-4-10(8-19)16(20)21)13-11-5-2-6-12(11)22-15(13)18-9/h10H,2-8H2,1H3,(H,20,21)/t10-/m0/s1. The largest absolute Gasteiger partial charge is 0.481 e. The van der Waals surface area contributed by atoms with Crippen molar-refractivity contribution < 1.29 is 9.90 Å². The maximum absolute atomic E-state index is 11.3. The van der Waals surface area contributed by atoms with Gasteiger partial charge in [-0.2, -0.15) is 0 Å². The molecule has 0 amide bonds. The number of carboxylic acids is 1. The van der Waals surface area contributed by atoms with Crippen LogP contribution in [0.15, 0.2) is 0 Å². The Kier molecular flexibility index (Phi) is 3.29. The number of fused-ring (bicyclic) bond motifs is 3. The van der Waals surface area contributed by atoms with E-state index in [0.29, 0.717) is 6.54 Å². The first-order valence-corrected chi connectivity index (χ1v) is 8.72. The molecule has 0 saturated carbocycles. The van der Waals surface area contributed by atoms with Crippen molar-refractivity contribution in [3.05, 3.63) is 16.3 Å². The van der Waals surface area contributed by atoms with Crippen molar-refractivity contribution in [3.63, 3.8) is 0 Å². The van der Waals surface area contributed by atoms with Crippen molar-refractivity contribution in [3.8, 4) is 0 Å². The van der Waals surface area contributed by atoms with Gasteiger partial charge in [-0.3, -0.25) is 4.79 Å². The normalized spacial score (nSPS) is 21.3. The quantitative estimate of drug-likeness (QED) is 0.922. The summed E-state index contributed by atoms with van der Waals surface area (Å²) in [5, 5.41) is 10.5. The van der Waals surface area contributed by atoms with E-state index in [4.69, 9.17) is 4.98 Å². The van der Waals surface area contributed by atoms with Crippen molar-refractivity contribution >= 4 is 33.3 Å². The van der Waals surface area contributed by atoms with Crippen molar-refractivity contribution in [2.24, 2.45) is 5.92 Å². The number of aryl methyl sites for hydroxylation is 3. The highest BCUT2D eigenvalue weighted by molar-refractivity contribution is 7.19. The SMILES string of the molecule is Cc1nc(N2CCC[C@H](C(=O)O)C2)c2c3c(sc2n1)CCC3. The Balaban J connectivity index is 1.82. The predicted octanol–water partition coefficient (Wildman–Crippen LogP) is 2.79. The Morgan fingerprint density at radius 1 is 1.32 bits per heavy atom. The number of piperidine rings is 1. The number of anilines is 1. The zero-order chi connectivity index (χ0) is 15.3. The van der Waals surface area contributed by atoms with Crippen LogP contribution in [0.25, 0.3) is 10.2 Å². The number of carbonyl (C=O) groups is 1. The Morgan fingerprint density at radius 2 is 2.18 bits per heavy atom. The van der Waals surface area contributed by atoms with Gasteiger partial charge in [0.1, 0.15) is 16.5 Å². The number of hydrogen-bond acceptors (Lipinski definition) is 5. The lowest BCUT2D eigenvalue weighted by atomic mass is 9.98. The van der Waals surface area contributed by atoms with Crippen LogP contribution in [0.3, 0.4) is 0 Å². The molecule has 4 rings (SSSR count). The summed E-state index contributed by atoms with van der Waals surface area (Å²) in [5.41, 5.74) is 1.41. The van der Waals surface area contributed by atoms with E-state index < -0.39 is 5.97 Å². The monoisotopic (exact) mass is 317 g/mol. The number of carboxylic acid groups (broad SMARTS) is 1. The molecule has 0 unspecified atom stereocenters. The molecule has 2 aliphatic rings. The number of rotatable bonds is 2. The Labute approximate surface area is 133 Å². The van der Waals surface area contributed by atoms with Crippen LogP contribution in [0.5, 0.6) is 0 Å². The molecule has 5 nitrogen and oxygen atoms in total. The second-order valence-electron chi connectivity index (χ2n) is 6.26. The summed E-state index contributed by atoms with van der Waals surface area (Å²) in [6.45, 7) is 3.37. The maximum atomic E-state index is 11.3. The van der Waals surface area contributed by atoms with Crippen LogP contribution in [0, 0.1) is 12.8 Å². The first-order chi connectivity index (χ1) is 10.6. The molecule has 116 valence electrons. The minimum atomic E-state index is -0.692. The fraction of sp³-hybridized carbons (Fsp3) is 0.562. The first-order valence-electron chi connectivity index (χ1n) is 7.90. The molecule has 1 atom stereocenters. The van der Waals surface area contributed by atoms with Crippen LogP contribution in [-0.2, 0) is 17.6 Å². The lowest BCUT2D eigenvalue weighted by Gasteiger charge is -2.32. The van der Waals surface area contributed by atoms with Gasteiger partial charge in [0, 0.05) is 18.0 Å². The highest BCUT2D eigenvalue weighted by Crippen LogP contribution is 2.41. The highest BCUT2D eigenvalue weighted by Gasteiger charge is 2.29. The Morgan fingerprint density at radius 3 is 3.00 bits per heavy atom. The van der Waals surface area contributed by atoms with Crippen LogP contribution in [0.4, 0.5) is 5.82 Å². The molecule has 2 aromatic rings. The Hall–Kier alpha value is -1.69. The molecule has 0 spiro atoms. The maximum Gasteiger partial charge on any atom is 0.308 e. The van der Waals surface area contributed by atoms with Crippen LogP contribution in [-0.4, -0.2) is 34.1 Å². The van der Waals surface area contributed by atoms with Crippen LogP contribution < -0.4 is 4.90 Å². The molecule has 3 heterocycles. The third-order valence-electron chi connectivity index (χ3n) is 4.73. The van der Waals surface area contributed by atoms with Gasteiger partial charge in [-0.25, -0.2) is 9.97 Å². The minimum Gasteiger partial charge on any atom is -0.481 e. The third-order valence-corrected chi connectivity index (χ3v) is 5.91. The van der Waals surface area contributed by atoms with Crippen LogP contribution in [0.2, 0.25) is 0 Å². The predicted molar refractivity (Wildman–Crippen MR) is 86.7 cm³/mol. The summed E-state index contributed by atoms with van der Waals surface area (Å²) in [6, 6.07) is 0. The number of thiophene rings is 1. The summed E-state index contributed by atoms with van der Waals surface area (Å²) < 4.78 is 0. The first kappa shape index (κ1) is 13.9. The van der Waals surface area contributed by atoms with Crippen LogP contribution in [0.1, 0.15) is 35.5 Å².